The molecule has 3 aromatic rings. The molecule has 158 valence electrons. The van der Waals surface area contributed by atoms with E-state index in [0.717, 1.165) is 18.0 Å². The van der Waals surface area contributed by atoms with E-state index in [2.05, 4.69) is 36.8 Å². The summed E-state index contributed by atoms with van der Waals surface area (Å²) in [6, 6.07) is 1.78. The van der Waals surface area contributed by atoms with Crippen molar-refractivity contribution in [3.63, 3.8) is 0 Å². The maximum atomic E-state index is 12.9. The maximum absolute atomic E-state index is 12.9. The minimum atomic E-state index is -0.425. The Hall–Kier alpha value is -2.81. The SMILES string of the molecule is C/C=C(\C)c1ncc(F)cn1.CC(Sc1ncccn1)C(C)(C)c1ncc(F)cn1. The molecule has 1 unspecified atom stereocenters. The highest BCUT2D eigenvalue weighted by atomic mass is 32.2. The summed E-state index contributed by atoms with van der Waals surface area (Å²) in [4.78, 5) is 24.1. The van der Waals surface area contributed by atoms with Crippen molar-refractivity contribution in [3.05, 3.63) is 72.6 Å². The van der Waals surface area contributed by atoms with Gasteiger partial charge in [0.2, 0.25) is 0 Å². The van der Waals surface area contributed by atoms with Crippen molar-refractivity contribution >= 4 is 17.3 Å². The second-order valence-electron chi connectivity index (χ2n) is 6.93. The number of hydrogen-bond donors (Lipinski definition) is 0. The molecule has 0 aliphatic heterocycles. The molecule has 0 fully saturated rings. The van der Waals surface area contributed by atoms with E-state index in [-0.39, 0.29) is 10.7 Å². The molecule has 3 rings (SSSR count). The third kappa shape index (κ3) is 6.62. The molecule has 3 aromatic heterocycles. The Kier molecular flexibility index (Phi) is 8.46. The number of thioether (sulfide) groups is 1. The monoisotopic (exact) mass is 430 g/mol. The van der Waals surface area contributed by atoms with Crippen LogP contribution in [0.1, 0.15) is 46.3 Å². The maximum Gasteiger partial charge on any atom is 0.187 e. The van der Waals surface area contributed by atoms with Crippen molar-refractivity contribution < 1.29 is 8.78 Å². The van der Waals surface area contributed by atoms with Crippen LogP contribution in [0.25, 0.3) is 5.57 Å². The highest BCUT2D eigenvalue weighted by molar-refractivity contribution is 7.99. The van der Waals surface area contributed by atoms with E-state index in [1.54, 1.807) is 30.2 Å². The van der Waals surface area contributed by atoms with Crippen LogP contribution in [0.5, 0.6) is 0 Å². The fourth-order valence-corrected chi connectivity index (χ4v) is 3.08. The van der Waals surface area contributed by atoms with Crippen LogP contribution >= 0.6 is 11.8 Å². The Morgan fingerprint density at radius 3 is 1.93 bits per heavy atom. The summed E-state index contributed by atoms with van der Waals surface area (Å²) in [5.41, 5.74) is 0.641. The molecular formula is C21H24F2N6S. The van der Waals surface area contributed by atoms with Gasteiger partial charge in [0.15, 0.2) is 22.6 Å². The zero-order valence-electron chi connectivity index (χ0n) is 17.5. The molecule has 0 aromatic carbocycles. The van der Waals surface area contributed by atoms with Gasteiger partial charge in [0.25, 0.3) is 0 Å². The molecule has 0 aliphatic rings. The van der Waals surface area contributed by atoms with Gasteiger partial charge in [0, 0.05) is 23.1 Å². The topological polar surface area (TPSA) is 77.3 Å². The van der Waals surface area contributed by atoms with Gasteiger partial charge in [-0.05, 0) is 25.5 Å². The Morgan fingerprint density at radius 2 is 1.43 bits per heavy atom. The lowest BCUT2D eigenvalue weighted by Gasteiger charge is -2.28. The number of aromatic nitrogens is 6. The van der Waals surface area contributed by atoms with Gasteiger partial charge < -0.3 is 0 Å². The van der Waals surface area contributed by atoms with Crippen LogP contribution in [0, 0.1) is 11.6 Å². The molecule has 1 atom stereocenters. The van der Waals surface area contributed by atoms with Crippen LogP contribution in [0.15, 0.2) is 54.5 Å². The zero-order valence-corrected chi connectivity index (χ0v) is 18.4. The molecule has 9 heteroatoms. The number of nitrogens with zero attached hydrogens (tertiary/aromatic N) is 6. The second kappa shape index (κ2) is 10.8. The van der Waals surface area contributed by atoms with Crippen molar-refractivity contribution in [2.45, 2.75) is 50.4 Å². The Balaban J connectivity index is 0.000000248. The summed E-state index contributed by atoms with van der Waals surface area (Å²) in [6.45, 7) is 9.89. The first-order chi connectivity index (χ1) is 14.2. The van der Waals surface area contributed by atoms with Crippen LogP contribution in [0.3, 0.4) is 0 Å². The van der Waals surface area contributed by atoms with E-state index >= 15 is 0 Å². The highest BCUT2D eigenvalue weighted by Gasteiger charge is 2.32. The van der Waals surface area contributed by atoms with Crippen molar-refractivity contribution in [3.8, 4) is 0 Å². The van der Waals surface area contributed by atoms with E-state index in [1.807, 2.05) is 33.8 Å². The fourth-order valence-electron chi connectivity index (χ4n) is 2.12. The summed E-state index contributed by atoms with van der Waals surface area (Å²) in [5, 5.41) is 0.866. The Bertz CT molecular complexity index is 947. The predicted molar refractivity (Wildman–Crippen MR) is 114 cm³/mol. The van der Waals surface area contributed by atoms with Gasteiger partial charge in [-0.25, -0.2) is 38.7 Å². The summed E-state index contributed by atoms with van der Waals surface area (Å²) < 4.78 is 25.2. The first kappa shape index (κ1) is 23.5. The number of hydrogen-bond acceptors (Lipinski definition) is 7. The first-order valence-corrected chi connectivity index (χ1v) is 10.1. The van der Waals surface area contributed by atoms with Gasteiger partial charge in [-0.15, -0.1) is 0 Å². The lowest BCUT2D eigenvalue weighted by atomic mass is 9.88. The number of allylic oxidation sites excluding steroid dienone is 2. The van der Waals surface area contributed by atoms with Crippen LogP contribution in [0.4, 0.5) is 8.78 Å². The molecule has 6 nitrogen and oxygen atoms in total. The third-order valence-electron chi connectivity index (χ3n) is 4.44. The van der Waals surface area contributed by atoms with Gasteiger partial charge >= 0.3 is 0 Å². The molecular weight excluding hydrogens is 406 g/mol. The van der Waals surface area contributed by atoms with E-state index in [1.165, 1.54) is 12.4 Å². The lowest BCUT2D eigenvalue weighted by molar-refractivity contribution is 0.477. The van der Waals surface area contributed by atoms with E-state index in [9.17, 15) is 8.78 Å². The summed E-state index contributed by atoms with van der Waals surface area (Å²) in [6.07, 6.45) is 10.0. The summed E-state index contributed by atoms with van der Waals surface area (Å²) in [5.74, 6) is 0.364. The van der Waals surface area contributed by atoms with Crippen molar-refractivity contribution in [1.82, 2.24) is 29.9 Å². The summed E-state index contributed by atoms with van der Waals surface area (Å²) in [7, 11) is 0. The average molecular weight is 431 g/mol. The number of halogens is 2. The van der Waals surface area contributed by atoms with Gasteiger partial charge in [0.05, 0.1) is 24.8 Å². The fraction of sp³-hybridized carbons (Fsp3) is 0.333. The molecule has 0 radical (unpaired) electrons. The van der Waals surface area contributed by atoms with Crippen LogP contribution < -0.4 is 0 Å². The molecule has 0 aliphatic carbocycles. The molecule has 0 N–H and O–H groups in total. The van der Waals surface area contributed by atoms with Gasteiger partial charge in [-0.1, -0.05) is 38.6 Å². The van der Waals surface area contributed by atoms with Crippen molar-refractivity contribution in [2.24, 2.45) is 0 Å². The normalized spacial score (nSPS) is 12.7. The molecule has 0 amide bonds. The quantitative estimate of drug-likeness (QED) is 0.421. The van der Waals surface area contributed by atoms with Gasteiger partial charge in [-0.2, -0.15) is 0 Å². The van der Waals surface area contributed by atoms with E-state index in [4.69, 9.17) is 0 Å². The van der Waals surface area contributed by atoms with E-state index < -0.39 is 11.6 Å². The minimum Gasteiger partial charge on any atom is -0.238 e. The van der Waals surface area contributed by atoms with E-state index in [0.29, 0.717) is 16.8 Å². The average Bonchev–Trinajstić information content (AvgIpc) is 2.75. The molecule has 0 bridgehead atoms. The van der Waals surface area contributed by atoms with Crippen LogP contribution in [0.2, 0.25) is 0 Å². The van der Waals surface area contributed by atoms with Crippen LogP contribution in [-0.4, -0.2) is 35.2 Å². The minimum absolute atomic E-state index is 0.153. The first-order valence-electron chi connectivity index (χ1n) is 9.26. The molecule has 3 heterocycles. The standard InChI is InChI=1S/C13H15FN4S.C8H9FN2/c1-9(19-12-15-5-4-6-16-12)13(2,3)11-17-7-10(14)8-18-11;1-3-6(2)8-10-4-7(9)5-11-8/h4-9H,1-3H3;3-5H,1-2H3/b;6-3+. The van der Waals surface area contributed by atoms with Gasteiger partial charge in [0.1, 0.15) is 5.82 Å². The Labute approximate surface area is 179 Å². The van der Waals surface area contributed by atoms with Crippen molar-refractivity contribution in [1.29, 1.82) is 0 Å². The van der Waals surface area contributed by atoms with Crippen LogP contribution in [-0.2, 0) is 5.41 Å². The lowest BCUT2D eigenvalue weighted by Crippen LogP contribution is -2.31. The largest absolute Gasteiger partial charge is 0.238 e. The van der Waals surface area contributed by atoms with Crippen molar-refractivity contribution in [2.75, 3.05) is 0 Å². The zero-order chi connectivity index (χ0) is 22.1. The molecule has 0 spiro atoms. The molecule has 0 saturated carbocycles. The van der Waals surface area contributed by atoms with Gasteiger partial charge in [-0.3, -0.25) is 0 Å². The molecule has 30 heavy (non-hydrogen) atoms. The third-order valence-corrected chi connectivity index (χ3v) is 5.81. The Morgan fingerprint density at radius 1 is 0.933 bits per heavy atom. The smallest absolute Gasteiger partial charge is 0.187 e. The molecule has 0 saturated heterocycles. The summed E-state index contributed by atoms with van der Waals surface area (Å²) >= 11 is 1.55. The highest BCUT2D eigenvalue weighted by Crippen LogP contribution is 2.34. The second-order valence-corrected chi connectivity index (χ2v) is 8.24. The predicted octanol–water partition coefficient (Wildman–Crippen LogP) is 4.90. The number of rotatable bonds is 5.